The number of aromatic nitrogens is 1. The SMILES string of the molecule is O=C(CCCC(=O)c1ccccc1)NC1CCN(c2nccs2)C1. The summed E-state index contributed by atoms with van der Waals surface area (Å²) in [6.07, 6.45) is 4.13. The molecule has 0 bridgehead atoms. The van der Waals surface area contributed by atoms with Crippen LogP contribution < -0.4 is 10.2 Å². The number of thiazole rings is 1. The Morgan fingerprint density at radius 1 is 1.25 bits per heavy atom. The van der Waals surface area contributed by atoms with Gasteiger partial charge in [-0.05, 0) is 12.8 Å². The average Bonchev–Trinajstić information content (AvgIpc) is 3.27. The molecular formula is C18H21N3O2S. The van der Waals surface area contributed by atoms with E-state index in [0.29, 0.717) is 24.8 Å². The zero-order valence-electron chi connectivity index (χ0n) is 13.5. The molecule has 126 valence electrons. The van der Waals surface area contributed by atoms with E-state index in [0.717, 1.165) is 24.6 Å². The van der Waals surface area contributed by atoms with Gasteiger partial charge in [0.15, 0.2) is 10.9 Å². The van der Waals surface area contributed by atoms with Crippen molar-refractivity contribution in [2.75, 3.05) is 18.0 Å². The first kappa shape index (κ1) is 16.6. The van der Waals surface area contributed by atoms with Gasteiger partial charge in [0.2, 0.25) is 5.91 Å². The van der Waals surface area contributed by atoms with Crippen LogP contribution in [0, 0.1) is 0 Å². The second-order valence-corrected chi connectivity index (χ2v) is 6.83. The van der Waals surface area contributed by atoms with Crippen molar-refractivity contribution >= 4 is 28.2 Å². The van der Waals surface area contributed by atoms with Gasteiger partial charge in [-0.25, -0.2) is 4.98 Å². The lowest BCUT2D eigenvalue weighted by molar-refractivity contribution is -0.121. The van der Waals surface area contributed by atoms with Crippen LogP contribution in [0.5, 0.6) is 0 Å². The number of rotatable bonds is 7. The molecule has 1 aliphatic heterocycles. The highest BCUT2D eigenvalue weighted by molar-refractivity contribution is 7.13. The van der Waals surface area contributed by atoms with Crippen LogP contribution in [0.15, 0.2) is 41.9 Å². The molecule has 0 spiro atoms. The van der Waals surface area contributed by atoms with Crippen molar-refractivity contribution in [3.05, 3.63) is 47.5 Å². The second-order valence-electron chi connectivity index (χ2n) is 5.96. The maximum absolute atomic E-state index is 12.1. The largest absolute Gasteiger partial charge is 0.352 e. The van der Waals surface area contributed by atoms with E-state index in [1.165, 1.54) is 0 Å². The molecule has 3 rings (SSSR count). The lowest BCUT2D eigenvalue weighted by Gasteiger charge is -2.15. The summed E-state index contributed by atoms with van der Waals surface area (Å²) in [5.74, 6) is 0.126. The van der Waals surface area contributed by atoms with Gasteiger partial charge in [-0.15, -0.1) is 11.3 Å². The Balaban J connectivity index is 1.37. The molecule has 1 N–H and O–H groups in total. The highest BCUT2D eigenvalue weighted by atomic mass is 32.1. The number of hydrogen-bond donors (Lipinski definition) is 1. The minimum Gasteiger partial charge on any atom is -0.352 e. The highest BCUT2D eigenvalue weighted by Crippen LogP contribution is 2.22. The van der Waals surface area contributed by atoms with Gasteiger partial charge >= 0.3 is 0 Å². The third-order valence-corrected chi connectivity index (χ3v) is 4.98. The molecule has 1 atom stereocenters. The summed E-state index contributed by atoms with van der Waals surface area (Å²) < 4.78 is 0. The van der Waals surface area contributed by atoms with Gasteiger partial charge in [0, 0.05) is 49.1 Å². The van der Waals surface area contributed by atoms with Crippen LogP contribution in [0.25, 0.3) is 0 Å². The maximum Gasteiger partial charge on any atom is 0.220 e. The van der Waals surface area contributed by atoms with Crippen LogP contribution in [-0.2, 0) is 4.79 Å². The van der Waals surface area contributed by atoms with Crippen LogP contribution >= 0.6 is 11.3 Å². The highest BCUT2D eigenvalue weighted by Gasteiger charge is 2.25. The molecule has 6 heteroatoms. The number of carbonyl (C=O) groups is 2. The number of nitrogens with one attached hydrogen (secondary N) is 1. The van der Waals surface area contributed by atoms with Crippen molar-refractivity contribution in [1.29, 1.82) is 0 Å². The van der Waals surface area contributed by atoms with Crippen molar-refractivity contribution in [1.82, 2.24) is 10.3 Å². The standard InChI is InChI=1S/C18H21N3O2S/c22-16(14-5-2-1-3-6-14)7-4-8-17(23)20-15-9-11-21(13-15)18-19-10-12-24-18/h1-3,5-6,10,12,15H,4,7-9,11,13H2,(H,20,23). The van der Waals surface area contributed by atoms with Gasteiger partial charge in [-0.1, -0.05) is 30.3 Å². The normalized spacial score (nSPS) is 17.0. The summed E-state index contributed by atoms with van der Waals surface area (Å²) in [6, 6.07) is 9.40. The molecule has 1 aromatic heterocycles. The molecule has 1 aliphatic rings. The molecule has 2 aromatic rings. The van der Waals surface area contributed by atoms with Crippen LogP contribution in [0.3, 0.4) is 0 Å². The van der Waals surface area contributed by atoms with Crippen LogP contribution in [-0.4, -0.2) is 35.8 Å². The van der Waals surface area contributed by atoms with Crippen molar-refractivity contribution in [2.45, 2.75) is 31.7 Å². The third kappa shape index (κ3) is 4.41. The van der Waals surface area contributed by atoms with Gasteiger partial charge in [0.1, 0.15) is 0 Å². The van der Waals surface area contributed by atoms with E-state index in [2.05, 4.69) is 15.2 Å². The molecule has 5 nitrogen and oxygen atoms in total. The van der Waals surface area contributed by atoms with E-state index in [1.807, 2.05) is 35.7 Å². The number of carbonyl (C=O) groups excluding carboxylic acids is 2. The summed E-state index contributed by atoms with van der Waals surface area (Å²) in [6.45, 7) is 1.73. The van der Waals surface area contributed by atoms with Crippen molar-refractivity contribution in [2.24, 2.45) is 0 Å². The summed E-state index contributed by atoms with van der Waals surface area (Å²) in [5, 5.41) is 6.05. The number of ketones is 1. The van der Waals surface area contributed by atoms with E-state index in [4.69, 9.17) is 0 Å². The smallest absolute Gasteiger partial charge is 0.220 e. The number of hydrogen-bond acceptors (Lipinski definition) is 5. The van der Waals surface area contributed by atoms with E-state index in [9.17, 15) is 9.59 Å². The number of Topliss-reactive ketones (excluding diaryl/α,β-unsaturated/α-hetero) is 1. The Morgan fingerprint density at radius 2 is 2.08 bits per heavy atom. The number of anilines is 1. The zero-order valence-corrected chi connectivity index (χ0v) is 14.3. The lowest BCUT2D eigenvalue weighted by atomic mass is 10.1. The third-order valence-electron chi connectivity index (χ3n) is 4.15. The van der Waals surface area contributed by atoms with E-state index < -0.39 is 0 Å². The molecule has 1 amide bonds. The Labute approximate surface area is 145 Å². The summed E-state index contributed by atoms with van der Waals surface area (Å²) >= 11 is 1.62. The van der Waals surface area contributed by atoms with E-state index in [-0.39, 0.29) is 17.7 Å². The first-order valence-electron chi connectivity index (χ1n) is 8.24. The van der Waals surface area contributed by atoms with Crippen LogP contribution in [0.4, 0.5) is 5.13 Å². The average molecular weight is 343 g/mol. The molecule has 0 saturated carbocycles. The molecule has 0 radical (unpaired) electrons. The first-order chi connectivity index (χ1) is 11.7. The van der Waals surface area contributed by atoms with Crippen molar-refractivity contribution < 1.29 is 9.59 Å². The summed E-state index contributed by atoms with van der Waals surface area (Å²) in [4.78, 5) is 30.6. The minimum atomic E-state index is 0.0295. The molecule has 2 heterocycles. The minimum absolute atomic E-state index is 0.0295. The topological polar surface area (TPSA) is 62.3 Å². The summed E-state index contributed by atoms with van der Waals surface area (Å²) in [7, 11) is 0. The van der Waals surface area contributed by atoms with Gasteiger partial charge < -0.3 is 10.2 Å². The van der Waals surface area contributed by atoms with Crippen LogP contribution in [0.1, 0.15) is 36.0 Å². The molecule has 24 heavy (non-hydrogen) atoms. The Morgan fingerprint density at radius 3 is 2.83 bits per heavy atom. The van der Waals surface area contributed by atoms with Crippen molar-refractivity contribution in [3.63, 3.8) is 0 Å². The Bertz CT molecular complexity index is 673. The molecule has 1 fully saturated rings. The van der Waals surface area contributed by atoms with Gasteiger partial charge in [0.25, 0.3) is 0 Å². The van der Waals surface area contributed by atoms with E-state index in [1.54, 1.807) is 17.5 Å². The van der Waals surface area contributed by atoms with E-state index >= 15 is 0 Å². The quantitative estimate of drug-likeness (QED) is 0.785. The predicted octanol–water partition coefficient (Wildman–Crippen LogP) is 2.89. The first-order valence-corrected chi connectivity index (χ1v) is 9.12. The Hall–Kier alpha value is -2.21. The number of nitrogens with zero attached hydrogens (tertiary/aromatic N) is 2. The molecule has 1 unspecified atom stereocenters. The number of benzene rings is 1. The van der Waals surface area contributed by atoms with Gasteiger partial charge in [-0.3, -0.25) is 9.59 Å². The molecule has 1 aromatic carbocycles. The number of amides is 1. The lowest BCUT2D eigenvalue weighted by Crippen LogP contribution is -2.37. The zero-order chi connectivity index (χ0) is 16.8. The summed E-state index contributed by atoms with van der Waals surface area (Å²) in [5.41, 5.74) is 0.716. The fraction of sp³-hybridized carbons (Fsp3) is 0.389. The fourth-order valence-corrected chi connectivity index (χ4v) is 3.58. The monoisotopic (exact) mass is 343 g/mol. The maximum atomic E-state index is 12.1. The van der Waals surface area contributed by atoms with Crippen molar-refractivity contribution in [3.8, 4) is 0 Å². The second kappa shape index (κ2) is 8.06. The predicted molar refractivity (Wildman–Crippen MR) is 95.5 cm³/mol. The molecule has 0 aliphatic carbocycles. The molecule has 1 saturated heterocycles. The van der Waals surface area contributed by atoms with Crippen LogP contribution in [0.2, 0.25) is 0 Å². The molecular weight excluding hydrogens is 322 g/mol. The fourth-order valence-electron chi connectivity index (χ4n) is 2.90. The van der Waals surface area contributed by atoms with Gasteiger partial charge in [0.05, 0.1) is 0 Å². The Kier molecular flexibility index (Phi) is 5.59. The van der Waals surface area contributed by atoms with Gasteiger partial charge in [-0.2, -0.15) is 0 Å².